The van der Waals surface area contributed by atoms with Gasteiger partial charge in [0.1, 0.15) is 0 Å². The number of allylic oxidation sites excluding steroid dienone is 5. The van der Waals surface area contributed by atoms with Gasteiger partial charge in [0.15, 0.2) is 0 Å². The van der Waals surface area contributed by atoms with Crippen molar-refractivity contribution in [1.82, 2.24) is 0 Å². The highest BCUT2D eigenvalue weighted by Crippen LogP contribution is 2.59. The van der Waals surface area contributed by atoms with E-state index in [0.29, 0.717) is 37.9 Å². The maximum Gasteiger partial charge on any atom is 0.0824 e. The van der Waals surface area contributed by atoms with Crippen molar-refractivity contribution < 1.29 is 20.1 Å². The summed E-state index contributed by atoms with van der Waals surface area (Å²) in [6.07, 6.45) is 14.1. The summed E-state index contributed by atoms with van der Waals surface area (Å²) in [7, 11) is 0. The van der Waals surface area contributed by atoms with Crippen molar-refractivity contribution >= 4 is 0 Å². The molecule has 0 unspecified atom stereocenters. The van der Waals surface area contributed by atoms with Gasteiger partial charge in [0.05, 0.1) is 31.0 Å². The van der Waals surface area contributed by atoms with Crippen LogP contribution in [-0.4, -0.2) is 46.3 Å². The fourth-order valence-corrected chi connectivity index (χ4v) is 6.01. The zero-order valence-electron chi connectivity index (χ0n) is 20.1. The highest BCUT2D eigenvalue weighted by molar-refractivity contribution is 5.39. The maximum atomic E-state index is 10.1. The molecule has 0 bridgehead atoms. The maximum absolute atomic E-state index is 10.1. The Bertz CT molecular complexity index is 797. The predicted molar refractivity (Wildman–Crippen MR) is 130 cm³/mol. The van der Waals surface area contributed by atoms with E-state index in [1.807, 2.05) is 6.08 Å². The van der Waals surface area contributed by atoms with Crippen LogP contribution in [0.3, 0.4) is 0 Å². The predicted octanol–water partition coefficient (Wildman–Crippen LogP) is 5.03. The zero-order valence-corrected chi connectivity index (χ0v) is 20.1. The first-order chi connectivity index (χ1) is 15.0. The molecule has 3 aliphatic carbocycles. The van der Waals surface area contributed by atoms with E-state index >= 15 is 0 Å². The zero-order chi connectivity index (χ0) is 23.5. The second-order valence-electron chi connectivity index (χ2n) is 10.9. The van der Waals surface area contributed by atoms with E-state index in [1.54, 1.807) is 13.8 Å². The molecule has 0 aromatic carbocycles. The van der Waals surface area contributed by atoms with Gasteiger partial charge in [-0.2, -0.15) is 0 Å². The largest absolute Gasteiger partial charge is 0.393 e. The van der Waals surface area contributed by atoms with Gasteiger partial charge in [-0.1, -0.05) is 55.5 Å². The summed E-state index contributed by atoms with van der Waals surface area (Å²) in [5.41, 5.74) is 3.79. The average molecular weight is 443 g/mol. The molecule has 178 valence electrons. The Kier molecular flexibility index (Phi) is 8.03. The summed E-state index contributed by atoms with van der Waals surface area (Å²) in [6.45, 7) is 15.2. The van der Waals surface area contributed by atoms with Crippen LogP contribution in [0.2, 0.25) is 0 Å². The standard InChI is InChI=1S/C28H42O4/c1-19(8-7-15-32-18-27(3,4)31)24-12-13-25-21(9-6-14-28(24,25)5)10-11-22-16-23(29)17-26(30)20(22)2/h7-8,10-11,23-26,29-31H,1-2,6,9,12-18H2,3-5H3/t23-,24-,25+,26+,28-/m1/s1. The van der Waals surface area contributed by atoms with Gasteiger partial charge in [0.2, 0.25) is 0 Å². The molecular formula is C28H42O4. The van der Waals surface area contributed by atoms with Gasteiger partial charge in [-0.15, -0.1) is 0 Å². The van der Waals surface area contributed by atoms with Crippen molar-refractivity contribution in [3.63, 3.8) is 0 Å². The van der Waals surface area contributed by atoms with E-state index in [2.05, 4.69) is 38.3 Å². The number of ether oxygens (including phenoxy) is 1. The second-order valence-corrected chi connectivity index (χ2v) is 10.9. The first-order valence-electron chi connectivity index (χ1n) is 12.1. The lowest BCUT2D eigenvalue weighted by molar-refractivity contribution is -0.0124. The summed E-state index contributed by atoms with van der Waals surface area (Å²) >= 11 is 0. The number of hydrogen-bond acceptors (Lipinski definition) is 4. The molecule has 0 aliphatic heterocycles. The third-order valence-electron chi connectivity index (χ3n) is 7.68. The molecule has 3 fully saturated rings. The number of rotatable bonds is 7. The smallest absolute Gasteiger partial charge is 0.0824 e. The van der Waals surface area contributed by atoms with E-state index in [4.69, 9.17) is 4.74 Å². The minimum Gasteiger partial charge on any atom is -0.393 e. The summed E-state index contributed by atoms with van der Waals surface area (Å²) in [5.74, 6) is 1.00. The van der Waals surface area contributed by atoms with Crippen molar-refractivity contribution in [2.75, 3.05) is 13.2 Å². The first-order valence-corrected chi connectivity index (χ1v) is 12.1. The minimum atomic E-state index is -0.808. The van der Waals surface area contributed by atoms with Crippen LogP contribution in [-0.2, 0) is 4.74 Å². The molecule has 4 nitrogen and oxygen atoms in total. The Labute approximate surface area is 194 Å². The molecule has 0 aromatic heterocycles. The molecule has 5 atom stereocenters. The fourth-order valence-electron chi connectivity index (χ4n) is 6.01. The van der Waals surface area contributed by atoms with Gasteiger partial charge in [0.25, 0.3) is 0 Å². The van der Waals surface area contributed by atoms with Crippen LogP contribution < -0.4 is 0 Å². The Morgan fingerprint density at radius 1 is 1.25 bits per heavy atom. The summed E-state index contributed by atoms with van der Waals surface area (Å²) in [5, 5.41) is 29.9. The van der Waals surface area contributed by atoms with Crippen LogP contribution in [0.5, 0.6) is 0 Å². The topological polar surface area (TPSA) is 69.9 Å². The van der Waals surface area contributed by atoms with Gasteiger partial charge in [-0.05, 0) is 80.8 Å². The summed E-state index contributed by atoms with van der Waals surface area (Å²) in [4.78, 5) is 0. The lowest BCUT2D eigenvalue weighted by Gasteiger charge is -2.42. The van der Waals surface area contributed by atoms with E-state index in [0.717, 1.165) is 24.0 Å². The summed E-state index contributed by atoms with van der Waals surface area (Å²) < 4.78 is 5.54. The van der Waals surface area contributed by atoms with Crippen LogP contribution in [0.4, 0.5) is 0 Å². The molecule has 0 radical (unpaired) electrons. The van der Waals surface area contributed by atoms with E-state index in [1.165, 1.54) is 30.4 Å². The van der Waals surface area contributed by atoms with Crippen molar-refractivity contribution in [3.05, 3.63) is 59.8 Å². The molecule has 0 spiro atoms. The van der Waals surface area contributed by atoms with Gasteiger partial charge in [-0.25, -0.2) is 0 Å². The van der Waals surface area contributed by atoms with Gasteiger partial charge < -0.3 is 20.1 Å². The SMILES string of the molecule is C=C(C=CCOCC(C)(C)O)[C@H]1CC[C@H]2C(=CC=C3C[C@@H](O)C[C@H](O)C3=C)CCC[C@]12C. The number of fused-ring (bicyclic) bond motifs is 1. The Balaban J connectivity index is 1.67. The van der Waals surface area contributed by atoms with Crippen LogP contribution >= 0.6 is 0 Å². The molecule has 3 N–H and O–H groups in total. The Hall–Kier alpha value is -1.46. The van der Waals surface area contributed by atoms with E-state index in [-0.39, 0.29) is 5.41 Å². The molecule has 3 saturated carbocycles. The van der Waals surface area contributed by atoms with Gasteiger partial charge in [-0.3, -0.25) is 0 Å². The highest BCUT2D eigenvalue weighted by atomic mass is 16.5. The number of aliphatic hydroxyl groups excluding tert-OH is 2. The van der Waals surface area contributed by atoms with Crippen LogP contribution in [0.1, 0.15) is 65.7 Å². The van der Waals surface area contributed by atoms with E-state index < -0.39 is 17.8 Å². The molecule has 0 heterocycles. The molecule has 4 heteroatoms. The lowest BCUT2D eigenvalue weighted by atomic mass is 9.62. The molecule has 32 heavy (non-hydrogen) atoms. The lowest BCUT2D eigenvalue weighted by Crippen LogP contribution is -2.33. The van der Waals surface area contributed by atoms with Crippen LogP contribution in [0, 0.1) is 17.3 Å². The Morgan fingerprint density at radius 2 is 2.00 bits per heavy atom. The van der Waals surface area contributed by atoms with Crippen molar-refractivity contribution in [2.24, 2.45) is 17.3 Å². The Morgan fingerprint density at radius 3 is 2.72 bits per heavy atom. The molecule has 3 aliphatic rings. The molecule has 0 amide bonds. The average Bonchev–Trinajstić information content (AvgIpc) is 3.06. The quantitative estimate of drug-likeness (QED) is 0.382. The fraction of sp³-hybridized carbons (Fsp3) is 0.643. The number of aliphatic hydroxyl groups is 3. The van der Waals surface area contributed by atoms with Crippen molar-refractivity contribution in [1.29, 1.82) is 0 Å². The highest BCUT2D eigenvalue weighted by Gasteiger charge is 2.49. The van der Waals surface area contributed by atoms with Crippen LogP contribution in [0.25, 0.3) is 0 Å². The van der Waals surface area contributed by atoms with E-state index in [9.17, 15) is 15.3 Å². The molecule has 0 saturated heterocycles. The summed E-state index contributed by atoms with van der Waals surface area (Å²) in [6, 6.07) is 0. The third-order valence-corrected chi connectivity index (χ3v) is 7.68. The first kappa shape index (κ1) is 25.2. The number of hydrogen-bond donors (Lipinski definition) is 3. The monoisotopic (exact) mass is 442 g/mol. The van der Waals surface area contributed by atoms with Gasteiger partial charge in [0, 0.05) is 6.42 Å². The van der Waals surface area contributed by atoms with Crippen molar-refractivity contribution in [3.8, 4) is 0 Å². The molecular weight excluding hydrogens is 400 g/mol. The van der Waals surface area contributed by atoms with Gasteiger partial charge >= 0.3 is 0 Å². The van der Waals surface area contributed by atoms with Crippen LogP contribution in [0.15, 0.2) is 59.8 Å². The van der Waals surface area contributed by atoms with Crippen molar-refractivity contribution in [2.45, 2.75) is 83.5 Å². The molecule has 0 aromatic rings. The molecule has 3 rings (SSSR count). The third kappa shape index (κ3) is 5.91. The minimum absolute atomic E-state index is 0.209. The second kappa shape index (κ2) is 10.2. The normalized spacial score (nSPS) is 36.2.